The Morgan fingerprint density at radius 1 is 1.50 bits per heavy atom. The molecule has 0 aliphatic carbocycles. The Balaban J connectivity index is 2.02. The molecule has 2 aromatic rings. The maximum atomic E-state index is 13.1. The molecule has 104 valence electrons. The van der Waals surface area contributed by atoms with Crippen LogP contribution in [-0.2, 0) is 16.0 Å². The molecule has 0 atom stereocenters. The first-order valence-corrected chi connectivity index (χ1v) is 6.93. The van der Waals surface area contributed by atoms with Gasteiger partial charge in [-0.2, -0.15) is 0 Å². The second kappa shape index (κ2) is 6.43. The Morgan fingerprint density at radius 3 is 3.00 bits per heavy atom. The first-order valence-electron chi connectivity index (χ1n) is 6.05. The summed E-state index contributed by atoms with van der Waals surface area (Å²) in [6.45, 7) is 5.67. The number of ether oxygens (including phenoxy) is 1. The molecule has 1 aromatic carbocycles. The first kappa shape index (κ1) is 14.4. The largest absolute Gasteiger partial charge is 0.461 e. The van der Waals surface area contributed by atoms with Crippen LogP contribution in [0, 0.1) is 5.82 Å². The average molecular weight is 291 g/mol. The van der Waals surface area contributed by atoms with Crippen LogP contribution in [-0.4, -0.2) is 17.6 Å². The molecule has 1 heterocycles. The Kier molecular flexibility index (Phi) is 4.63. The van der Waals surface area contributed by atoms with Crippen LogP contribution in [0.15, 0.2) is 41.8 Å². The standard InChI is InChI=1S/C15H14FNO2S/c1-10(2)8-19-14(18)7-13-9-20-15(17-13)11-4-3-5-12(16)6-11/h3-6,9H,1,7-8H2,2H3. The highest BCUT2D eigenvalue weighted by Crippen LogP contribution is 2.24. The number of hydrogen-bond acceptors (Lipinski definition) is 4. The van der Waals surface area contributed by atoms with Crippen LogP contribution < -0.4 is 0 Å². The number of carbonyl (C=O) groups excluding carboxylic acids is 1. The van der Waals surface area contributed by atoms with Crippen LogP contribution in [0.25, 0.3) is 10.6 Å². The predicted molar refractivity (Wildman–Crippen MR) is 77.0 cm³/mol. The molecular formula is C15H14FNO2S. The van der Waals surface area contributed by atoms with Gasteiger partial charge in [-0.25, -0.2) is 9.37 Å². The summed E-state index contributed by atoms with van der Waals surface area (Å²) in [6, 6.07) is 6.22. The maximum absolute atomic E-state index is 13.1. The number of halogens is 1. The second-order valence-electron chi connectivity index (χ2n) is 4.45. The summed E-state index contributed by atoms with van der Waals surface area (Å²) in [5.41, 5.74) is 2.12. The zero-order valence-corrected chi connectivity index (χ0v) is 11.9. The van der Waals surface area contributed by atoms with Crippen molar-refractivity contribution in [3.8, 4) is 10.6 Å². The highest BCUT2D eigenvalue weighted by molar-refractivity contribution is 7.13. The molecule has 1 aromatic heterocycles. The number of esters is 1. The van der Waals surface area contributed by atoms with Gasteiger partial charge in [0.05, 0.1) is 12.1 Å². The first-order chi connectivity index (χ1) is 9.54. The van der Waals surface area contributed by atoms with E-state index in [-0.39, 0.29) is 24.8 Å². The van der Waals surface area contributed by atoms with Gasteiger partial charge < -0.3 is 4.74 Å². The summed E-state index contributed by atoms with van der Waals surface area (Å²) >= 11 is 1.37. The van der Waals surface area contributed by atoms with Gasteiger partial charge >= 0.3 is 5.97 Å². The number of thiazole rings is 1. The second-order valence-corrected chi connectivity index (χ2v) is 5.31. The SMILES string of the molecule is C=C(C)COC(=O)Cc1csc(-c2cccc(F)c2)n1. The average Bonchev–Trinajstić information content (AvgIpc) is 2.85. The van der Waals surface area contributed by atoms with Crippen LogP contribution in [0.3, 0.4) is 0 Å². The Hall–Kier alpha value is -2.01. The minimum absolute atomic E-state index is 0.110. The third-order valence-electron chi connectivity index (χ3n) is 2.43. The van der Waals surface area contributed by atoms with E-state index in [2.05, 4.69) is 11.6 Å². The molecule has 0 N–H and O–H groups in total. The van der Waals surface area contributed by atoms with Gasteiger partial charge in [0.15, 0.2) is 0 Å². The fraction of sp³-hybridized carbons (Fsp3) is 0.200. The van der Waals surface area contributed by atoms with Gasteiger partial charge in [0.25, 0.3) is 0 Å². The van der Waals surface area contributed by atoms with Crippen molar-refractivity contribution in [1.82, 2.24) is 4.98 Å². The molecule has 20 heavy (non-hydrogen) atoms. The van der Waals surface area contributed by atoms with Crippen molar-refractivity contribution in [2.45, 2.75) is 13.3 Å². The number of hydrogen-bond donors (Lipinski definition) is 0. The van der Waals surface area contributed by atoms with E-state index in [0.29, 0.717) is 16.3 Å². The van der Waals surface area contributed by atoms with Gasteiger partial charge in [-0.3, -0.25) is 4.79 Å². The highest BCUT2D eigenvalue weighted by Gasteiger charge is 2.10. The molecule has 0 radical (unpaired) electrons. The van der Waals surface area contributed by atoms with Crippen molar-refractivity contribution < 1.29 is 13.9 Å². The van der Waals surface area contributed by atoms with Crippen LogP contribution in [0.5, 0.6) is 0 Å². The van der Waals surface area contributed by atoms with Crippen molar-refractivity contribution >= 4 is 17.3 Å². The number of aromatic nitrogens is 1. The van der Waals surface area contributed by atoms with E-state index >= 15 is 0 Å². The lowest BCUT2D eigenvalue weighted by atomic mass is 10.2. The third-order valence-corrected chi connectivity index (χ3v) is 3.37. The van der Waals surface area contributed by atoms with E-state index in [1.165, 1.54) is 23.5 Å². The molecule has 5 heteroatoms. The molecule has 0 aliphatic rings. The topological polar surface area (TPSA) is 39.2 Å². The molecule has 0 saturated heterocycles. The van der Waals surface area contributed by atoms with E-state index < -0.39 is 0 Å². The van der Waals surface area contributed by atoms with E-state index in [1.54, 1.807) is 24.4 Å². The predicted octanol–water partition coefficient (Wildman–Crippen LogP) is 3.61. The smallest absolute Gasteiger partial charge is 0.312 e. The molecule has 3 nitrogen and oxygen atoms in total. The maximum Gasteiger partial charge on any atom is 0.312 e. The fourth-order valence-corrected chi connectivity index (χ4v) is 2.36. The monoisotopic (exact) mass is 291 g/mol. The molecule has 0 spiro atoms. The molecule has 0 saturated carbocycles. The van der Waals surface area contributed by atoms with Crippen LogP contribution in [0.1, 0.15) is 12.6 Å². The van der Waals surface area contributed by atoms with Crippen molar-refractivity contribution in [3.63, 3.8) is 0 Å². The van der Waals surface area contributed by atoms with Crippen LogP contribution >= 0.6 is 11.3 Å². The molecule has 0 aliphatic heterocycles. The molecule has 0 fully saturated rings. The highest BCUT2D eigenvalue weighted by atomic mass is 32.1. The summed E-state index contributed by atoms with van der Waals surface area (Å²) in [5, 5.41) is 2.47. The Bertz CT molecular complexity index is 636. The third kappa shape index (κ3) is 3.99. The quantitative estimate of drug-likeness (QED) is 0.624. The van der Waals surface area contributed by atoms with Gasteiger partial charge in [-0.15, -0.1) is 11.3 Å². The van der Waals surface area contributed by atoms with Crippen molar-refractivity contribution in [2.24, 2.45) is 0 Å². The zero-order valence-electron chi connectivity index (χ0n) is 11.1. The number of rotatable bonds is 5. The summed E-state index contributed by atoms with van der Waals surface area (Å²) < 4.78 is 18.1. The number of carbonyl (C=O) groups is 1. The van der Waals surface area contributed by atoms with E-state index in [9.17, 15) is 9.18 Å². The van der Waals surface area contributed by atoms with Gasteiger partial charge in [0, 0.05) is 10.9 Å². The van der Waals surface area contributed by atoms with E-state index in [0.717, 1.165) is 5.57 Å². The molecule has 0 unspecified atom stereocenters. The van der Waals surface area contributed by atoms with E-state index in [1.807, 2.05) is 0 Å². The van der Waals surface area contributed by atoms with Gasteiger partial charge in [-0.05, 0) is 24.6 Å². The van der Waals surface area contributed by atoms with Crippen LogP contribution in [0.2, 0.25) is 0 Å². The zero-order chi connectivity index (χ0) is 14.5. The summed E-state index contributed by atoms with van der Waals surface area (Å²) in [7, 11) is 0. The normalized spacial score (nSPS) is 10.3. The van der Waals surface area contributed by atoms with Crippen molar-refractivity contribution in [2.75, 3.05) is 6.61 Å². The lowest BCUT2D eigenvalue weighted by Gasteiger charge is -2.02. The lowest BCUT2D eigenvalue weighted by Crippen LogP contribution is -2.09. The lowest BCUT2D eigenvalue weighted by molar-refractivity contribution is -0.141. The number of benzene rings is 1. The number of nitrogens with zero attached hydrogens (tertiary/aromatic N) is 1. The minimum atomic E-state index is -0.343. The molecule has 0 amide bonds. The summed E-state index contributed by atoms with van der Waals surface area (Å²) in [6.07, 6.45) is 0.110. The molecule has 2 rings (SSSR count). The molecule has 0 bridgehead atoms. The fourth-order valence-electron chi connectivity index (χ4n) is 1.54. The van der Waals surface area contributed by atoms with E-state index in [4.69, 9.17) is 4.74 Å². The van der Waals surface area contributed by atoms with Crippen molar-refractivity contribution in [1.29, 1.82) is 0 Å². The Labute approximate surface area is 120 Å². The van der Waals surface area contributed by atoms with Gasteiger partial charge in [0.2, 0.25) is 0 Å². The van der Waals surface area contributed by atoms with Gasteiger partial charge in [0.1, 0.15) is 17.4 Å². The van der Waals surface area contributed by atoms with Crippen molar-refractivity contribution in [3.05, 3.63) is 53.3 Å². The minimum Gasteiger partial charge on any atom is -0.461 e. The van der Waals surface area contributed by atoms with Gasteiger partial charge in [-0.1, -0.05) is 18.7 Å². The summed E-state index contributed by atoms with van der Waals surface area (Å²) in [4.78, 5) is 15.9. The van der Waals surface area contributed by atoms with Crippen LogP contribution in [0.4, 0.5) is 4.39 Å². The molecular weight excluding hydrogens is 277 g/mol. The summed E-state index contributed by atoms with van der Waals surface area (Å²) in [5.74, 6) is -0.649. The Morgan fingerprint density at radius 2 is 2.30 bits per heavy atom.